The van der Waals surface area contributed by atoms with Crippen LogP contribution in [0.4, 0.5) is 10.1 Å². The van der Waals surface area contributed by atoms with Crippen LogP contribution in [0.1, 0.15) is 29.2 Å². The van der Waals surface area contributed by atoms with Gasteiger partial charge in [0.05, 0.1) is 23.3 Å². The van der Waals surface area contributed by atoms with Crippen molar-refractivity contribution in [1.82, 2.24) is 4.57 Å². The van der Waals surface area contributed by atoms with Gasteiger partial charge in [-0.15, -0.1) is 12.4 Å². The Labute approximate surface area is 160 Å². The van der Waals surface area contributed by atoms with E-state index in [1.165, 1.54) is 6.20 Å². The number of carboxylic acids is 1. The predicted molar refractivity (Wildman–Crippen MR) is 102 cm³/mol. The van der Waals surface area contributed by atoms with Crippen LogP contribution in [0, 0.1) is 5.82 Å². The second-order valence-electron chi connectivity index (χ2n) is 6.98. The lowest BCUT2D eigenvalue weighted by atomic mass is 10.1. The summed E-state index contributed by atoms with van der Waals surface area (Å²) in [4.78, 5) is 25.7. The van der Waals surface area contributed by atoms with Gasteiger partial charge in [0.25, 0.3) is 0 Å². The average molecular weight is 398 g/mol. The largest absolute Gasteiger partial charge is 0.477 e. The Hall–Kier alpha value is -2.16. The molecule has 2 heterocycles. The first-order valence-corrected chi connectivity index (χ1v) is 8.55. The minimum atomic E-state index is -1.30. The van der Waals surface area contributed by atoms with Crippen molar-refractivity contribution >= 4 is 35.0 Å². The molecule has 1 aliphatic heterocycles. The van der Waals surface area contributed by atoms with Gasteiger partial charge in [0, 0.05) is 37.8 Å². The van der Waals surface area contributed by atoms with E-state index in [1.54, 1.807) is 22.6 Å². The molecular formula is C18H21ClFN3O4. The Kier molecular flexibility index (Phi) is 5.16. The highest BCUT2D eigenvalue weighted by Crippen LogP contribution is 2.38. The maximum Gasteiger partial charge on any atom is 0.341 e. The fraction of sp³-hybridized carbons (Fsp3) is 0.444. The number of methoxy groups -OCH3 is 1. The number of fused-ring (bicyclic) bond motifs is 1. The van der Waals surface area contributed by atoms with E-state index in [0.717, 1.165) is 18.9 Å². The number of rotatable bonds is 4. The predicted octanol–water partition coefficient (Wildman–Crippen LogP) is 1.76. The highest BCUT2D eigenvalue weighted by atomic mass is 35.5. The normalized spacial score (nSPS) is 22.1. The van der Waals surface area contributed by atoms with Crippen molar-refractivity contribution < 1.29 is 19.0 Å². The molecule has 2 fully saturated rings. The van der Waals surface area contributed by atoms with Crippen LogP contribution in [-0.4, -0.2) is 48.0 Å². The summed E-state index contributed by atoms with van der Waals surface area (Å²) in [6.07, 6.45) is 3.00. The summed E-state index contributed by atoms with van der Waals surface area (Å²) in [5, 5.41) is 9.38. The van der Waals surface area contributed by atoms with Crippen LogP contribution in [0.25, 0.3) is 10.9 Å². The molecule has 146 valence electrons. The number of nitrogens with zero attached hydrogens (tertiary/aromatic N) is 2. The molecule has 0 unspecified atom stereocenters. The van der Waals surface area contributed by atoms with Crippen LogP contribution < -0.4 is 16.1 Å². The highest BCUT2D eigenvalue weighted by molar-refractivity contribution is 5.93. The number of pyridine rings is 1. The van der Waals surface area contributed by atoms with Crippen LogP contribution in [-0.2, 0) is 4.74 Å². The Morgan fingerprint density at radius 1 is 1.33 bits per heavy atom. The van der Waals surface area contributed by atoms with E-state index in [-0.39, 0.29) is 41.5 Å². The first kappa shape index (κ1) is 19.6. The van der Waals surface area contributed by atoms with Crippen molar-refractivity contribution in [3.05, 3.63) is 39.9 Å². The Balaban J connectivity index is 0.00000210. The molecule has 1 aliphatic carbocycles. The third-order valence-electron chi connectivity index (χ3n) is 5.22. The molecule has 9 heteroatoms. The number of carbonyl (C=O) groups is 1. The standard InChI is InChI=1S/C18H20FN3O4.ClH/c1-26-16-8-21(7-13(16)20)15-5-14-10(4-12(15)19)17(23)11(18(24)25)6-22(14)9-2-3-9;/h4-6,9,13,16H,2-3,7-8,20H2,1H3,(H,24,25);1H/t13-,16+;/m0./s1. The van der Waals surface area contributed by atoms with Gasteiger partial charge in [0.1, 0.15) is 11.4 Å². The molecule has 1 aromatic heterocycles. The minimum Gasteiger partial charge on any atom is -0.477 e. The molecule has 27 heavy (non-hydrogen) atoms. The maximum absolute atomic E-state index is 14.8. The van der Waals surface area contributed by atoms with Gasteiger partial charge < -0.3 is 25.0 Å². The zero-order valence-electron chi connectivity index (χ0n) is 14.7. The Bertz CT molecular complexity index is 960. The van der Waals surface area contributed by atoms with Crippen LogP contribution in [0.3, 0.4) is 0 Å². The van der Waals surface area contributed by atoms with Crippen molar-refractivity contribution in [3.8, 4) is 0 Å². The molecule has 3 N–H and O–H groups in total. The van der Waals surface area contributed by atoms with E-state index in [2.05, 4.69) is 0 Å². The van der Waals surface area contributed by atoms with E-state index in [1.807, 2.05) is 0 Å². The highest BCUT2D eigenvalue weighted by Gasteiger charge is 2.33. The third-order valence-corrected chi connectivity index (χ3v) is 5.22. The lowest BCUT2D eigenvalue weighted by molar-refractivity contribution is 0.0695. The molecule has 0 radical (unpaired) electrons. The van der Waals surface area contributed by atoms with Gasteiger partial charge in [-0.3, -0.25) is 4.79 Å². The molecule has 0 spiro atoms. The summed E-state index contributed by atoms with van der Waals surface area (Å²) >= 11 is 0. The summed E-state index contributed by atoms with van der Waals surface area (Å²) in [5.74, 6) is -1.87. The molecule has 4 rings (SSSR count). The molecule has 2 aromatic rings. The topological polar surface area (TPSA) is 97.8 Å². The second-order valence-corrected chi connectivity index (χ2v) is 6.98. The van der Waals surface area contributed by atoms with Crippen LogP contribution in [0.2, 0.25) is 0 Å². The molecular weight excluding hydrogens is 377 g/mol. The third kappa shape index (κ3) is 3.28. The Morgan fingerprint density at radius 3 is 2.59 bits per heavy atom. The lowest BCUT2D eigenvalue weighted by Crippen LogP contribution is -2.34. The number of halogens is 2. The molecule has 0 bridgehead atoms. The molecule has 1 saturated heterocycles. The van der Waals surface area contributed by atoms with Crippen molar-refractivity contribution in [2.45, 2.75) is 31.0 Å². The zero-order chi connectivity index (χ0) is 18.6. The van der Waals surface area contributed by atoms with Gasteiger partial charge in [-0.2, -0.15) is 0 Å². The van der Waals surface area contributed by atoms with Gasteiger partial charge >= 0.3 is 5.97 Å². The van der Waals surface area contributed by atoms with Crippen molar-refractivity contribution in [2.24, 2.45) is 5.73 Å². The average Bonchev–Trinajstić information content (AvgIpc) is 3.37. The molecule has 2 aliphatic rings. The molecule has 1 aromatic carbocycles. The quantitative estimate of drug-likeness (QED) is 0.815. The van der Waals surface area contributed by atoms with E-state index >= 15 is 0 Å². The summed E-state index contributed by atoms with van der Waals surface area (Å²) in [6, 6.07) is 2.68. The van der Waals surface area contributed by atoms with Crippen LogP contribution >= 0.6 is 12.4 Å². The zero-order valence-corrected chi connectivity index (χ0v) is 15.5. The first-order valence-electron chi connectivity index (χ1n) is 8.55. The number of hydrogen-bond donors (Lipinski definition) is 2. The molecule has 7 nitrogen and oxygen atoms in total. The van der Waals surface area contributed by atoms with Gasteiger partial charge in [0.2, 0.25) is 5.43 Å². The minimum absolute atomic E-state index is 0. The van der Waals surface area contributed by atoms with Crippen molar-refractivity contribution in [2.75, 3.05) is 25.1 Å². The van der Waals surface area contributed by atoms with Gasteiger partial charge in [-0.05, 0) is 25.0 Å². The molecule has 2 atom stereocenters. The number of ether oxygens (including phenoxy) is 1. The summed E-state index contributed by atoms with van der Waals surface area (Å²) in [6.45, 7) is 0.906. The van der Waals surface area contributed by atoms with E-state index in [0.29, 0.717) is 24.3 Å². The van der Waals surface area contributed by atoms with E-state index in [4.69, 9.17) is 10.5 Å². The maximum atomic E-state index is 14.8. The van der Waals surface area contributed by atoms with Crippen molar-refractivity contribution in [3.63, 3.8) is 0 Å². The number of anilines is 1. The summed E-state index contributed by atoms with van der Waals surface area (Å²) < 4.78 is 21.9. The summed E-state index contributed by atoms with van der Waals surface area (Å²) in [7, 11) is 1.57. The Morgan fingerprint density at radius 2 is 2.04 bits per heavy atom. The number of carboxylic acid groups (broad SMARTS) is 1. The van der Waals surface area contributed by atoms with Gasteiger partial charge in [-0.1, -0.05) is 0 Å². The number of nitrogens with two attached hydrogens (primary N) is 1. The van der Waals surface area contributed by atoms with Gasteiger partial charge in [0.15, 0.2) is 0 Å². The smallest absolute Gasteiger partial charge is 0.341 e. The fourth-order valence-corrected chi connectivity index (χ4v) is 3.65. The van der Waals surface area contributed by atoms with E-state index in [9.17, 15) is 19.1 Å². The number of hydrogen-bond acceptors (Lipinski definition) is 5. The SMILES string of the molecule is CO[C@@H]1CN(c2cc3c(cc2F)c(=O)c(C(=O)O)cn3C2CC2)C[C@@H]1N.Cl. The van der Waals surface area contributed by atoms with Crippen LogP contribution in [0.15, 0.2) is 23.1 Å². The van der Waals surface area contributed by atoms with Gasteiger partial charge in [-0.25, -0.2) is 9.18 Å². The van der Waals surface area contributed by atoms with Crippen molar-refractivity contribution in [1.29, 1.82) is 0 Å². The number of aromatic carboxylic acids is 1. The monoisotopic (exact) mass is 397 g/mol. The molecule has 1 saturated carbocycles. The number of aromatic nitrogens is 1. The molecule has 0 amide bonds. The second kappa shape index (κ2) is 7.10. The summed E-state index contributed by atoms with van der Waals surface area (Å²) in [5.41, 5.74) is 5.94. The fourth-order valence-electron chi connectivity index (χ4n) is 3.65. The lowest BCUT2D eigenvalue weighted by Gasteiger charge is -2.21. The van der Waals surface area contributed by atoms with Crippen LogP contribution in [0.5, 0.6) is 0 Å². The first-order chi connectivity index (χ1) is 12.4. The number of benzene rings is 1. The van der Waals surface area contributed by atoms with E-state index < -0.39 is 17.2 Å².